The zero-order valence-corrected chi connectivity index (χ0v) is 9.97. The first-order valence-electron chi connectivity index (χ1n) is 5.67. The summed E-state index contributed by atoms with van der Waals surface area (Å²) < 4.78 is 5.22. The Kier molecular flexibility index (Phi) is 3.29. The van der Waals surface area contributed by atoms with Crippen molar-refractivity contribution in [1.82, 2.24) is 4.98 Å². The monoisotopic (exact) mass is 229 g/mol. The zero-order chi connectivity index (χ0) is 12.3. The predicted octanol–water partition coefficient (Wildman–Crippen LogP) is 3.04. The molecule has 88 valence electrons. The molecule has 0 radical (unpaired) electrons. The lowest BCUT2D eigenvalue weighted by molar-refractivity contribution is 0.496. The molecular weight excluding hydrogens is 214 g/mol. The number of oxazole rings is 1. The van der Waals surface area contributed by atoms with Gasteiger partial charge in [0.05, 0.1) is 12.0 Å². The van der Waals surface area contributed by atoms with Crippen molar-refractivity contribution in [1.29, 1.82) is 5.26 Å². The lowest BCUT2D eigenvalue weighted by Gasteiger charge is -2.14. The molecule has 4 nitrogen and oxygen atoms in total. The van der Waals surface area contributed by atoms with Gasteiger partial charge in [-0.3, -0.25) is 0 Å². The normalized spacial score (nSPS) is 12.6. The molecule has 1 unspecified atom stereocenters. The van der Waals surface area contributed by atoms with Crippen LogP contribution in [0.25, 0.3) is 11.1 Å². The summed E-state index contributed by atoms with van der Waals surface area (Å²) in [6.07, 6.45) is 1.43. The number of anilines is 1. The minimum Gasteiger partial charge on any atom is -0.443 e. The van der Waals surface area contributed by atoms with Crippen LogP contribution in [-0.2, 0) is 0 Å². The van der Waals surface area contributed by atoms with E-state index < -0.39 is 0 Å². The van der Waals surface area contributed by atoms with Crippen LogP contribution in [0.15, 0.2) is 29.0 Å². The van der Waals surface area contributed by atoms with E-state index in [4.69, 9.17) is 9.68 Å². The van der Waals surface area contributed by atoms with Crippen LogP contribution in [0.3, 0.4) is 0 Å². The van der Waals surface area contributed by atoms with Crippen molar-refractivity contribution in [2.24, 2.45) is 11.8 Å². The molecule has 1 N–H and O–H groups in total. The van der Waals surface area contributed by atoms with Crippen molar-refractivity contribution in [2.75, 3.05) is 11.9 Å². The Labute approximate surface area is 100 Å². The highest BCUT2D eigenvalue weighted by Crippen LogP contribution is 2.19. The molecule has 17 heavy (non-hydrogen) atoms. The second kappa shape index (κ2) is 4.88. The topological polar surface area (TPSA) is 61.9 Å². The van der Waals surface area contributed by atoms with Crippen LogP contribution in [0.5, 0.6) is 0 Å². The van der Waals surface area contributed by atoms with Gasteiger partial charge in [-0.25, -0.2) is 4.98 Å². The Morgan fingerprint density at radius 3 is 3.00 bits per heavy atom. The van der Waals surface area contributed by atoms with E-state index in [9.17, 15) is 0 Å². The van der Waals surface area contributed by atoms with E-state index in [1.807, 2.05) is 18.2 Å². The molecule has 0 aliphatic rings. The standard InChI is InChI=1S/C13H15N3O/c1-9(2)10(6-14)7-15-11-3-4-12-13(5-11)17-8-16-12/h3-5,8-10,15H,7H2,1-2H3. The number of nitriles is 1. The fourth-order valence-electron chi connectivity index (χ4n) is 1.62. The van der Waals surface area contributed by atoms with Gasteiger partial charge in [-0.2, -0.15) is 5.26 Å². The van der Waals surface area contributed by atoms with Crippen LogP contribution in [0.4, 0.5) is 5.69 Å². The smallest absolute Gasteiger partial charge is 0.181 e. The maximum Gasteiger partial charge on any atom is 0.181 e. The Bertz CT molecular complexity index is 539. The quantitative estimate of drug-likeness (QED) is 0.875. The summed E-state index contributed by atoms with van der Waals surface area (Å²) >= 11 is 0. The first-order valence-corrected chi connectivity index (χ1v) is 5.67. The van der Waals surface area contributed by atoms with E-state index in [2.05, 4.69) is 30.2 Å². The van der Waals surface area contributed by atoms with Crippen molar-refractivity contribution >= 4 is 16.8 Å². The summed E-state index contributed by atoms with van der Waals surface area (Å²) in [5.74, 6) is 0.363. The van der Waals surface area contributed by atoms with Crippen molar-refractivity contribution in [3.05, 3.63) is 24.6 Å². The summed E-state index contributed by atoms with van der Waals surface area (Å²) in [6.45, 7) is 4.75. The lowest BCUT2D eigenvalue weighted by Crippen LogP contribution is -2.17. The molecule has 0 spiro atoms. The first kappa shape index (κ1) is 11.5. The van der Waals surface area contributed by atoms with Gasteiger partial charge in [0.2, 0.25) is 0 Å². The second-order valence-corrected chi connectivity index (χ2v) is 4.40. The van der Waals surface area contributed by atoms with Crippen LogP contribution in [0, 0.1) is 23.2 Å². The highest BCUT2D eigenvalue weighted by Gasteiger charge is 2.11. The third-order valence-electron chi connectivity index (χ3n) is 2.83. The van der Waals surface area contributed by atoms with Gasteiger partial charge in [-0.05, 0) is 18.1 Å². The van der Waals surface area contributed by atoms with Crippen LogP contribution >= 0.6 is 0 Å². The van der Waals surface area contributed by atoms with Gasteiger partial charge in [-0.1, -0.05) is 13.8 Å². The minimum absolute atomic E-state index is 0.0143. The molecule has 0 saturated heterocycles. The Balaban J connectivity index is 2.06. The average Bonchev–Trinajstić information content (AvgIpc) is 2.76. The number of fused-ring (bicyclic) bond motifs is 1. The summed E-state index contributed by atoms with van der Waals surface area (Å²) in [4.78, 5) is 4.05. The lowest BCUT2D eigenvalue weighted by atomic mass is 9.97. The van der Waals surface area contributed by atoms with Crippen LogP contribution in [-0.4, -0.2) is 11.5 Å². The van der Waals surface area contributed by atoms with Crippen LogP contribution in [0.1, 0.15) is 13.8 Å². The van der Waals surface area contributed by atoms with E-state index in [-0.39, 0.29) is 5.92 Å². The summed E-state index contributed by atoms with van der Waals surface area (Å²) in [5.41, 5.74) is 2.56. The number of rotatable bonds is 4. The third-order valence-corrected chi connectivity index (χ3v) is 2.83. The molecule has 4 heteroatoms. The second-order valence-electron chi connectivity index (χ2n) is 4.40. The Morgan fingerprint density at radius 2 is 2.29 bits per heavy atom. The molecule has 0 aliphatic carbocycles. The van der Waals surface area contributed by atoms with Crippen LogP contribution < -0.4 is 5.32 Å². The van der Waals surface area contributed by atoms with Gasteiger partial charge < -0.3 is 9.73 Å². The molecule has 1 aromatic carbocycles. The zero-order valence-electron chi connectivity index (χ0n) is 9.97. The van der Waals surface area contributed by atoms with Crippen molar-refractivity contribution in [3.63, 3.8) is 0 Å². The van der Waals surface area contributed by atoms with E-state index in [1.165, 1.54) is 6.39 Å². The van der Waals surface area contributed by atoms with E-state index in [1.54, 1.807) is 0 Å². The number of aromatic nitrogens is 1. The Hall–Kier alpha value is -2.02. The number of hydrogen-bond donors (Lipinski definition) is 1. The molecule has 0 amide bonds. The largest absolute Gasteiger partial charge is 0.443 e. The molecule has 0 fully saturated rings. The highest BCUT2D eigenvalue weighted by atomic mass is 16.3. The van der Waals surface area contributed by atoms with Crippen LogP contribution in [0.2, 0.25) is 0 Å². The Morgan fingerprint density at radius 1 is 1.47 bits per heavy atom. The predicted molar refractivity (Wildman–Crippen MR) is 66.4 cm³/mol. The van der Waals surface area contributed by atoms with E-state index in [0.717, 1.165) is 16.8 Å². The van der Waals surface area contributed by atoms with Gasteiger partial charge in [0.15, 0.2) is 12.0 Å². The third kappa shape index (κ3) is 2.56. The molecule has 0 bridgehead atoms. The fourth-order valence-corrected chi connectivity index (χ4v) is 1.62. The first-order chi connectivity index (χ1) is 8.20. The van der Waals surface area contributed by atoms with Crippen molar-refractivity contribution < 1.29 is 4.42 Å². The number of nitrogens with one attached hydrogen (secondary N) is 1. The van der Waals surface area contributed by atoms with Gasteiger partial charge in [0, 0.05) is 18.3 Å². The minimum atomic E-state index is 0.0143. The van der Waals surface area contributed by atoms with E-state index in [0.29, 0.717) is 12.5 Å². The molecule has 0 aliphatic heterocycles. The number of benzene rings is 1. The maximum atomic E-state index is 8.99. The highest BCUT2D eigenvalue weighted by molar-refractivity contribution is 5.76. The fraction of sp³-hybridized carbons (Fsp3) is 0.385. The molecule has 0 saturated carbocycles. The van der Waals surface area contributed by atoms with Crippen molar-refractivity contribution in [2.45, 2.75) is 13.8 Å². The molecule has 1 heterocycles. The molecule has 2 aromatic rings. The van der Waals surface area contributed by atoms with Crippen molar-refractivity contribution in [3.8, 4) is 6.07 Å². The number of nitrogens with zero attached hydrogens (tertiary/aromatic N) is 2. The number of hydrogen-bond acceptors (Lipinski definition) is 4. The molecule has 1 aromatic heterocycles. The summed E-state index contributed by atoms with van der Waals surface area (Å²) in [6, 6.07) is 8.05. The van der Waals surface area contributed by atoms with E-state index >= 15 is 0 Å². The molecule has 1 atom stereocenters. The average molecular weight is 229 g/mol. The van der Waals surface area contributed by atoms with Gasteiger partial charge in [0.25, 0.3) is 0 Å². The summed E-state index contributed by atoms with van der Waals surface area (Å²) in [7, 11) is 0. The van der Waals surface area contributed by atoms with Gasteiger partial charge >= 0.3 is 0 Å². The maximum absolute atomic E-state index is 8.99. The molecule has 2 rings (SSSR count). The molecular formula is C13H15N3O. The van der Waals surface area contributed by atoms with Gasteiger partial charge in [0.1, 0.15) is 5.52 Å². The summed E-state index contributed by atoms with van der Waals surface area (Å²) in [5, 5.41) is 12.2. The van der Waals surface area contributed by atoms with Gasteiger partial charge in [-0.15, -0.1) is 0 Å². The SMILES string of the molecule is CC(C)C(C#N)CNc1ccc2ncoc2c1.